The average Bonchev–Trinajstić information content (AvgIpc) is 2.76. The Kier molecular flexibility index (Phi) is 3.58. The van der Waals surface area contributed by atoms with Gasteiger partial charge in [-0.2, -0.15) is 0 Å². The van der Waals surface area contributed by atoms with Crippen LogP contribution in [0.15, 0.2) is 16.9 Å². The minimum atomic E-state index is -0.400. The summed E-state index contributed by atoms with van der Waals surface area (Å²) in [6.07, 6.45) is 3.84. The molecule has 1 aliphatic heterocycles. The fourth-order valence-electron chi connectivity index (χ4n) is 2.09. The number of halogens is 1. The molecule has 1 atom stereocenters. The van der Waals surface area contributed by atoms with Crippen LogP contribution in [-0.4, -0.2) is 29.5 Å². The van der Waals surface area contributed by atoms with Crippen LogP contribution in [0.3, 0.4) is 0 Å². The molecule has 1 fully saturated rings. The van der Waals surface area contributed by atoms with E-state index in [9.17, 15) is 10.1 Å². The molecule has 1 aliphatic rings. The number of rotatable bonds is 3. The minimum Gasteiger partial charge on any atom is -0.365 e. The van der Waals surface area contributed by atoms with Gasteiger partial charge in [-0.05, 0) is 34.8 Å². The monoisotopic (exact) mass is 300 g/mol. The van der Waals surface area contributed by atoms with Gasteiger partial charge in [0, 0.05) is 19.3 Å². The first-order chi connectivity index (χ1) is 8.13. The predicted molar refractivity (Wildman–Crippen MR) is 68.0 cm³/mol. The quantitative estimate of drug-likeness (QED) is 0.676. The molecule has 6 nitrogen and oxygen atoms in total. The molecule has 0 saturated carbocycles. The first-order valence-corrected chi connectivity index (χ1v) is 6.15. The maximum absolute atomic E-state index is 11.0. The summed E-state index contributed by atoms with van der Waals surface area (Å²) in [5.74, 6) is 0.412. The minimum absolute atomic E-state index is 0.0389. The number of hydrogen-bond acceptors (Lipinski definition) is 5. The summed E-state index contributed by atoms with van der Waals surface area (Å²) < 4.78 is 0.657. The molecule has 2 rings (SSSR count). The van der Waals surface area contributed by atoms with Crippen LogP contribution in [-0.2, 0) is 0 Å². The molecular weight excluding hydrogens is 288 g/mol. The van der Waals surface area contributed by atoms with E-state index in [-0.39, 0.29) is 5.69 Å². The van der Waals surface area contributed by atoms with Crippen LogP contribution in [0.2, 0.25) is 0 Å². The van der Waals surface area contributed by atoms with E-state index in [1.165, 1.54) is 6.20 Å². The Bertz CT molecular complexity index is 440. The number of nitro groups is 1. The summed E-state index contributed by atoms with van der Waals surface area (Å²) in [5.41, 5.74) is 6.28. The average molecular weight is 301 g/mol. The Morgan fingerprint density at radius 1 is 1.65 bits per heavy atom. The van der Waals surface area contributed by atoms with E-state index in [4.69, 9.17) is 5.73 Å². The fraction of sp³-hybridized carbons (Fsp3) is 0.500. The number of anilines is 1. The lowest BCUT2D eigenvalue weighted by molar-refractivity contribution is -0.384. The van der Waals surface area contributed by atoms with E-state index in [1.807, 2.05) is 4.90 Å². The van der Waals surface area contributed by atoms with E-state index < -0.39 is 4.92 Å². The molecule has 1 saturated heterocycles. The predicted octanol–water partition coefficient (Wildman–Crippen LogP) is 1.54. The largest absolute Gasteiger partial charge is 0.365 e. The van der Waals surface area contributed by atoms with Gasteiger partial charge in [-0.1, -0.05) is 0 Å². The highest BCUT2D eigenvalue weighted by Gasteiger charge is 2.28. The normalized spacial score (nSPS) is 19.6. The maximum Gasteiger partial charge on any atom is 0.311 e. The number of hydrogen-bond donors (Lipinski definition) is 1. The smallest absolute Gasteiger partial charge is 0.311 e. The summed E-state index contributed by atoms with van der Waals surface area (Å²) >= 11 is 3.33. The second-order valence-corrected chi connectivity index (χ2v) is 4.94. The standard InChI is InChI=1S/C10H13BrN4O2/c11-8-4-13-5-9(15(16)17)10(8)14-2-1-7(3-12)6-14/h4-5,7H,1-3,6,12H2. The van der Waals surface area contributed by atoms with Gasteiger partial charge in [0.15, 0.2) is 0 Å². The lowest BCUT2D eigenvalue weighted by Gasteiger charge is -2.19. The summed E-state index contributed by atoms with van der Waals surface area (Å²) in [4.78, 5) is 16.4. The summed E-state index contributed by atoms with van der Waals surface area (Å²) in [6, 6.07) is 0. The van der Waals surface area contributed by atoms with Gasteiger partial charge < -0.3 is 10.6 Å². The van der Waals surface area contributed by atoms with Gasteiger partial charge in [0.05, 0.1) is 9.40 Å². The molecular formula is C10H13BrN4O2. The number of aromatic nitrogens is 1. The van der Waals surface area contributed by atoms with Crippen molar-refractivity contribution in [3.05, 3.63) is 27.0 Å². The van der Waals surface area contributed by atoms with Gasteiger partial charge in [-0.25, -0.2) is 0 Å². The van der Waals surface area contributed by atoms with Gasteiger partial charge >= 0.3 is 5.69 Å². The highest BCUT2D eigenvalue weighted by atomic mass is 79.9. The van der Waals surface area contributed by atoms with Crippen molar-refractivity contribution in [3.8, 4) is 0 Å². The Labute approximate surface area is 107 Å². The van der Waals surface area contributed by atoms with Gasteiger partial charge in [0.2, 0.25) is 0 Å². The van der Waals surface area contributed by atoms with Crippen molar-refractivity contribution in [3.63, 3.8) is 0 Å². The van der Waals surface area contributed by atoms with E-state index >= 15 is 0 Å². The Morgan fingerprint density at radius 2 is 2.41 bits per heavy atom. The van der Waals surface area contributed by atoms with Crippen LogP contribution in [0, 0.1) is 16.0 Å². The molecule has 2 N–H and O–H groups in total. The zero-order chi connectivity index (χ0) is 12.4. The molecule has 7 heteroatoms. The second-order valence-electron chi connectivity index (χ2n) is 4.08. The first-order valence-electron chi connectivity index (χ1n) is 5.36. The van der Waals surface area contributed by atoms with Crippen molar-refractivity contribution >= 4 is 27.3 Å². The number of nitrogens with zero attached hydrogens (tertiary/aromatic N) is 3. The van der Waals surface area contributed by atoms with Crippen molar-refractivity contribution in [2.24, 2.45) is 11.7 Å². The van der Waals surface area contributed by atoms with E-state index in [0.29, 0.717) is 22.6 Å². The fourth-order valence-corrected chi connectivity index (χ4v) is 2.66. The second kappa shape index (κ2) is 4.97. The van der Waals surface area contributed by atoms with E-state index in [1.54, 1.807) is 6.20 Å². The van der Waals surface area contributed by atoms with Gasteiger partial charge in [0.1, 0.15) is 11.9 Å². The van der Waals surface area contributed by atoms with E-state index in [0.717, 1.165) is 19.5 Å². The highest BCUT2D eigenvalue weighted by molar-refractivity contribution is 9.10. The summed E-state index contributed by atoms with van der Waals surface area (Å²) in [6.45, 7) is 2.18. The number of pyridine rings is 1. The molecule has 0 bridgehead atoms. The topological polar surface area (TPSA) is 85.3 Å². The third-order valence-corrected chi connectivity index (χ3v) is 3.57. The Balaban J connectivity index is 2.34. The third-order valence-electron chi connectivity index (χ3n) is 2.99. The van der Waals surface area contributed by atoms with Gasteiger partial charge in [-0.15, -0.1) is 0 Å². The molecule has 0 aliphatic carbocycles. The van der Waals surface area contributed by atoms with Gasteiger partial charge in [-0.3, -0.25) is 15.1 Å². The molecule has 2 heterocycles. The Hall–Kier alpha value is -1.21. The number of nitrogens with two attached hydrogens (primary N) is 1. The van der Waals surface area contributed by atoms with Crippen molar-refractivity contribution in [2.75, 3.05) is 24.5 Å². The molecule has 1 unspecified atom stereocenters. The zero-order valence-electron chi connectivity index (χ0n) is 9.17. The zero-order valence-corrected chi connectivity index (χ0v) is 10.8. The van der Waals surface area contributed by atoms with Crippen molar-refractivity contribution < 1.29 is 4.92 Å². The Morgan fingerprint density at radius 3 is 3.00 bits per heavy atom. The first kappa shape index (κ1) is 12.3. The van der Waals surface area contributed by atoms with E-state index in [2.05, 4.69) is 20.9 Å². The SMILES string of the molecule is NCC1CCN(c2c(Br)cncc2[N+](=O)[O-])C1. The molecule has 92 valence electrons. The van der Waals surface area contributed by atoms with Gasteiger partial charge in [0.25, 0.3) is 0 Å². The molecule has 17 heavy (non-hydrogen) atoms. The lowest BCUT2D eigenvalue weighted by atomic mass is 10.1. The molecule has 0 aromatic carbocycles. The van der Waals surface area contributed by atoms with Crippen molar-refractivity contribution in [1.82, 2.24) is 4.98 Å². The van der Waals surface area contributed by atoms with Crippen LogP contribution in [0.1, 0.15) is 6.42 Å². The molecule has 0 amide bonds. The van der Waals surface area contributed by atoms with Crippen molar-refractivity contribution in [1.29, 1.82) is 0 Å². The summed E-state index contributed by atoms with van der Waals surface area (Å²) in [7, 11) is 0. The molecule has 0 spiro atoms. The van der Waals surface area contributed by atoms with Crippen LogP contribution in [0.25, 0.3) is 0 Å². The molecule has 0 radical (unpaired) electrons. The lowest BCUT2D eigenvalue weighted by Crippen LogP contribution is -2.23. The molecule has 1 aromatic rings. The van der Waals surface area contributed by atoms with Crippen LogP contribution >= 0.6 is 15.9 Å². The maximum atomic E-state index is 11.0. The molecule has 1 aromatic heterocycles. The highest BCUT2D eigenvalue weighted by Crippen LogP contribution is 2.37. The van der Waals surface area contributed by atoms with Crippen LogP contribution < -0.4 is 10.6 Å². The van der Waals surface area contributed by atoms with Crippen molar-refractivity contribution in [2.45, 2.75) is 6.42 Å². The third kappa shape index (κ3) is 2.39. The summed E-state index contributed by atoms with van der Waals surface area (Å²) in [5, 5.41) is 11.0. The van der Waals surface area contributed by atoms with Crippen LogP contribution in [0.4, 0.5) is 11.4 Å². The van der Waals surface area contributed by atoms with Crippen LogP contribution in [0.5, 0.6) is 0 Å².